The average Bonchev–Trinajstić information content (AvgIpc) is 2.48. The first-order valence-electron chi connectivity index (χ1n) is 7.15. The van der Waals surface area contributed by atoms with Gasteiger partial charge >= 0.3 is 5.84 Å². The van der Waals surface area contributed by atoms with Crippen LogP contribution in [0.5, 0.6) is 0 Å². The Labute approximate surface area is 126 Å². The Kier molecular flexibility index (Phi) is 3.35. The number of hydrogen-bond acceptors (Lipinski definition) is 2. The molecule has 0 amide bonds. The highest BCUT2D eigenvalue weighted by Gasteiger charge is 2.59. The molecule has 0 unspecified atom stereocenters. The predicted octanol–water partition coefficient (Wildman–Crippen LogP) is 2.36. The molecule has 1 aliphatic rings. The summed E-state index contributed by atoms with van der Waals surface area (Å²) in [5.41, 5.74) is 0.229. The first-order chi connectivity index (χ1) is 9.40. The highest BCUT2D eigenvalue weighted by atomic mass is 16.5. The molecule has 1 aromatic carbocycles. The Hall–Kier alpha value is -1.59. The van der Waals surface area contributed by atoms with Gasteiger partial charge in [0.2, 0.25) is 0 Å². The number of hydrogen-bond donors (Lipinski definition) is 0. The van der Waals surface area contributed by atoms with Crippen LogP contribution in [0.15, 0.2) is 24.3 Å². The molecule has 0 fully saturated rings. The summed E-state index contributed by atoms with van der Waals surface area (Å²) in [7, 11) is 6.22. The SMILES string of the molecule is CC1(C)N([O])C(c2ccc([N+](C)(C)C)cc2)=[N+]([O-])C1(C)C. The van der Waals surface area contributed by atoms with Gasteiger partial charge in [-0.15, -0.1) is 0 Å². The number of quaternary nitrogens is 1. The fraction of sp³-hybridized carbons (Fsp3) is 0.562. The van der Waals surface area contributed by atoms with Crippen molar-refractivity contribution >= 4 is 11.5 Å². The number of hydroxylamine groups is 3. The summed E-state index contributed by atoms with van der Waals surface area (Å²) in [6, 6.07) is 7.62. The molecule has 0 saturated carbocycles. The first-order valence-corrected chi connectivity index (χ1v) is 7.15. The zero-order valence-electron chi connectivity index (χ0n) is 14.0. The molecular formula is C16H25N3O2+. The van der Waals surface area contributed by atoms with Gasteiger partial charge in [-0.3, -0.25) is 9.22 Å². The van der Waals surface area contributed by atoms with Crippen LogP contribution in [0.1, 0.15) is 33.3 Å². The van der Waals surface area contributed by atoms with E-state index in [0.29, 0.717) is 10.0 Å². The Morgan fingerprint density at radius 2 is 1.52 bits per heavy atom. The molecule has 5 nitrogen and oxygen atoms in total. The minimum absolute atomic E-state index is 0.193. The molecule has 5 heteroatoms. The lowest BCUT2D eigenvalue weighted by Gasteiger charge is -2.32. The van der Waals surface area contributed by atoms with Gasteiger partial charge in [-0.25, -0.2) is 0 Å². The highest BCUT2D eigenvalue weighted by Crippen LogP contribution is 2.37. The maximum absolute atomic E-state index is 12.6. The summed E-state index contributed by atoms with van der Waals surface area (Å²) in [6.45, 7) is 7.22. The number of amidine groups is 1. The molecule has 0 spiro atoms. The maximum atomic E-state index is 12.6. The van der Waals surface area contributed by atoms with Crippen LogP contribution in [0.3, 0.4) is 0 Å². The third kappa shape index (κ3) is 2.21. The van der Waals surface area contributed by atoms with E-state index in [1.807, 2.05) is 24.3 Å². The van der Waals surface area contributed by atoms with Crippen molar-refractivity contribution in [1.82, 2.24) is 9.55 Å². The predicted molar refractivity (Wildman–Crippen MR) is 84.4 cm³/mol. The van der Waals surface area contributed by atoms with E-state index >= 15 is 0 Å². The monoisotopic (exact) mass is 291 g/mol. The van der Waals surface area contributed by atoms with Crippen LogP contribution in [-0.4, -0.2) is 47.9 Å². The molecule has 1 heterocycles. The van der Waals surface area contributed by atoms with E-state index in [1.54, 1.807) is 27.7 Å². The highest BCUT2D eigenvalue weighted by molar-refractivity contribution is 5.96. The molecule has 0 N–H and O–H groups in total. The Bertz CT molecular complexity index is 581. The molecule has 0 aromatic heterocycles. The lowest BCUT2D eigenvalue weighted by atomic mass is 9.84. The molecule has 21 heavy (non-hydrogen) atoms. The number of rotatable bonds is 2. The number of benzene rings is 1. The van der Waals surface area contributed by atoms with Crippen molar-refractivity contribution in [3.8, 4) is 0 Å². The second kappa shape index (κ2) is 4.45. The third-order valence-electron chi connectivity index (χ3n) is 4.80. The molecule has 1 aliphatic heterocycles. The van der Waals surface area contributed by atoms with Gasteiger partial charge in [0.1, 0.15) is 11.2 Å². The summed E-state index contributed by atoms with van der Waals surface area (Å²) in [4.78, 5) is 0. The summed E-state index contributed by atoms with van der Waals surface area (Å²) in [5, 5.41) is 26.0. The van der Waals surface area contributed by atoms with Gasteiger partial charge in [0, 0.05) is 5.21 Å². The summed E-state index contributed by atoms with van der Waals surface area (Å²) in [5.74, 6) is 0.193. The molecule has 115 valence electrons. The van der Waals surface area contributed by atoms with Crippen molar-refractivity contribution in [3.63, 3.8) is 0 Å². The van der Waals surface area contributed by atoms with Crippen molar-refractivity contribution in [2.45, 2.75) is 38.8 Å². The maximum Gasteiger partial charge on any atom is 0.316 e. The van der Waals surface area contributed by atoms with E-state index in [9.17, 15) is 10.4 Å². The quantitative estimate of drug-likeness (QED) is 0.477. The molecule has 0 aliphatic carbocycles. The second-order valence-corrected chi connectivity index (χ2v) is 7.59. The van der Waals surface area contributed by atoms with E-state index < -0.39 is 11.1 Å². The molecular weight excluding hydrogens is 266 g/mol. The molecule has 0 atom stereocenters. The van der Waals surface area contributed by atoms with Crippen LogP contribution < -0.4 is 4.48 Å². The fourth-order valence-corrected chi connectivity index (χ4v) is 2.40. The van der Waals surface area contributed by atoms with Crippen LogP contribution in [0.4, 0.5) is 5.69 Å². The Balaban J connectivity index is 2.50. The van der Waals surface area contributed by atoms with Crippen LogP contribution in [-0.2, 0) is 5.21 Å². The zero-order chi connectivity index (χ0) is 16.2. The van der Waals surface area contributed by atoms with Gasteiger partial charge in [0.15, 0.2) is 5.54 Å². The van der Waals surface area contributed by atoms with Crippen molar-refractivity contribution in [2.75, 3.05) is 21.1 Å². The van der Waals surface area contributed by atoms with Crippen LogP contribution >= 0.6 is 0 Å². The van der Waals surface area contributed by atoms with Crippen molar-refractivity contribution < 1.29 is 9.95 Å². The van der Waals surface area contributed by atoms with Gasteiger partial charge in [0.25, 0.3) is 0 Å². The smallest absolute Gasteiger partial charge is 0.316 e. The molecule has 2 rings (SSSR count). The second-order valence-electron chi connectivity index (χ2n) is 7.59. The minimum atomic E-state index is -0.775. The standard InChI is InChI=1S/C16H25N3O2/c1-15(2)16(3,4)18(21)14(17(15)20)12-8-10-13(11-9-12)19(5,6)7/h8-11H,1-7H3/q+1. The topological polar surface area (TPSA) is 49.2 Å². The van der Waals surface area contributed by atoms with Crippen molar-refractivity contribution in [3.05, 3.63) is 35.0 Å². The van der Waals surface area contributed by atoms with Crippen LogP contribution in [0.25, 0.3) is 0 Å². The van der Waals surface area contributed by atoms with Gasteiger partial charge in [-0.05, 0) is 52.0 Å². The van der Waals surface area contributed by atoms with E-state index in [1.165, 1.54) is 0 Å². The largest absolute Gasteiger partial charge is 0.714 e. The van der Waals surface area contributed by atoms with Crippen molar-refractivity contribution in [1.29, 1.82) is 0 Å². The first kappa shape index (κ1) is 15.8. The summed E-state index contributed by atoms with van der Waals surface area (Å²) >= 11 is 0. The van der Waals surface area contributed by atoms with E-state index in [4.69, 9.17) is 0 Å². The normalized spacial score (nSPS) is 21.0. The molecule has 0 saturated heterocycles. The van der Waals surface area contributed by atoms with E-state index in [0.717, 1.165) is 15.5 Å². The molecule has 1 aromatic rings. The molecule has 0 bridgehead atoms. The van der Waals surface area contributed by atoms with E-state index in [2.05, 4.69) is 21.1 Å². The summed E-state index contributed by atoms with van der Waals surface area (Å²) in [6.07, 6.45) is 0. The van der Waals surface area contributed by atoms with Crippen LogP contribution in [0.2, 0.25) is 0 Å². The zero-order valence-corrected chi connectivity index (χ0v) is 14.0. The lowest BCUT2D eigenvalue weighted by molar-refractivity contribution is -0.539. The Morgan fingerprint density at radius 3 is 1.86 bits per heavy atom. The van der Waals surface area contributed by atoms with Gasteiger partial charge < -0.3 is 5.21 Å². The lowest BCUT2D eigenvalue weighted by Crippen LogP contribution is -2.53. The average molecular weight is 291 g/mol. The minimum Gasteiger partial charge on any atom is -0.714 e. The van der Waals surface area contributed by atoms with Gasteiger partial charge in [0.05, 0.1) is 26.7 Å². The third-order valence-corrected chi connectivity index (χ3v) is 4.80. The van der Waals surface area contributed by atoms with Crippen LogP contribution in [0, 0.1) is 5.21 Å². The summed E-state index contributed by atoms with van der Waals surface area (Å²) < 4.78 is 1.54. The van der Waals surface area contributed by atoms with Gasteiger partial charge in [-0.1, -0.05) is 5.06 Å². The Morgan fingerprint density at radius 1 is 1.05 bits per heavy atom. The van der Waals surface area contributed by atoms with E-state index in [-0.39, 0.29) is 5.84 Å². The van der Waals surface area contributed by atoms with Crippen molar-refractivity contribution in [2.24, 2.45) is 0 Å². The fourth-order valence-electron chi connectivity index (χ4n) is 2.40. The molecule has 1 radical (unpaired) electrons. The van der Waals surface area contributed by atoms with Gasteiger partial charge in [-0.2, -0.15) is 0 Å². The number of nitrogens with zero attached hydrogens (tertiary/aromatic N) is 3.